The molecule has 0 fully saturated rings. The van der Waals surface area contributed by atoms with Crippen molar-refractivity contribution in [2.45, 2.75) is 12.0 Å². The van der Waals surface area contributed by atoms with Gasteiger partial charge in [0.25, 0.3) is 0 Å². The molecule has 0 spiro atoms. The van der Waals surface area contributed by atoms with E-state index in [2.05, 4.69) is 11.6 Å². The number of rotatable bonds is 4. The minimum atomic E-state index is -1.10. The highest BCUT2D eigenvalue weighted by Gasteiger charge is 2.42. The van der Waals surface area contributed by atoms with E-state index < -0.39 is 11.5 Å². The van der Waals surface area contributed by atoms with Gasteiger partial charge in [-0.3, -0.25) is 4.99 Å². The summed E-state index contributed by atoms with van der Waals surface area (Å²) in [4.78, 5) is 15.7. The van der Waals surface area contributed by atoms with Crippen molar-refractivity contribution < 1.29 is 15.0 Å². The highest BCUT2D eigenvalue weighted by Crippen LogP contribution is 2.34. The van der Waals surface area contributed by atoms with E-state index in [-0.39, 0.29) is 5.75 Å². The lowest BCUT2D eigenvalue weighted by Crippen LogP contribution is -2.36. The molecule has 2 rings (SSSR count). The van der Waals surface area contributed by atoms with Gasteiger partial charge >= 0.3 is 5.97 Å². The molecular weight excluding hydrogens is 250 g/mol. The standard InChI is InChI=1S/C13H13NO3S/c1-2-7-13(12(16)17)8-18-11(14-13)9-3-5-10(15)6-4-9/h2-6,15H,1,7-8H2,(H,16,17). The molecule has 1 aromatic carbocycles. The second kappa shape index (κ2) is 4.86. The van der Waals surface area contributed by atoms with Gasteiger partial charge < -0.3 is 10.2 Å². The van der Waals surface area contributed by atoms with E-state index in [9.17, 15) is 15.0 Å². The number of aromatic hydroxyl groups is 1. The number of carboxylic acids is 1. The Balaban J connectivity index is 2.33. The van der Waals surface area contributed by atoms with Crippen LogP contribution in [-0.4, -0.2) is 32.5 Å². The number of nitrogens with zero attached hydrogens (tertiary/aromatic N) is 1. The van der Waals surface area contributed by atoms with Crippen LogP contribution in [0.3, 0.4) is 0 Å². The molecule has 2 N–H and O–H groups in total. The number of phenols is 1. The Morgan fingerprint density at radius 1 is 1.50 bits per heavy atom. The molecule has 18 heavy (non-hydrogen) atoms. The van der Waals surface area contributed by atoms with Crippen molar-refractivity contribution in [3.8, 4) is 5.75 Å². The van der Waals surface area contributed by atoms with Crippen LogP contribution in [0.1, 0.15) is 12.0 Å². The zero-order valence-corrected chi connectivity index (χ0v) is 10.5. The maximum atomic E-state index is 11.3. The van der Waals surface area contributed by atoms with E-state index in [1.165, 1.54) is 11.8 Å². The number of carboxylic acid groups (broad SMARTS) is 1. The quantitative estimate of drug-likeness (QED) is 0.818. The summed E-state index contributed by atoms with van der Waals surface area (Å²) in [5.74, 6) is -0.341. The van der Waals surface area contributed by atoms with Crippen LogP contribution in [0.2, 0.25) is 0 Å². The van der Waals surface area contributed by atoms with Crippen LogP contribution in [-0.2, 0) is 4.79 Å². The molecule has 4 nitrogen and oxygen atoms in total. The number of aliphatic imine (C=N–C) groups is 1. The van der Waals surface area contributed by atoms with Crippen LogP contribution in [0.15, 0.2) is 41.9 Å². The van der Waals surface area contributed by atoms with Crippen LogP contribution in [0.25, 0.3) is 0 Å². The van der Waals surface area contributed by atoms with Gasteiger partial charge in [0.1, 0.15) is 5.75 Å². The molecule has 0 saturated carbocycles. The van der Waals surface area contributed by atoms with Crippen molar-refractivity contribution in [1.82, 2.24) is 0 Å². The Kier molecular flexibility index (Phi) is 3.43. The highest BCUT2D eigenvalue weighted by molar-refractivity contribution is 8.14. The topological polar surface area (TPSA) is 69.9 Å². The van der Waals surface area contributed by atoms with Gasteiger partial charge in [-0.15, -0.1) is 18.3 Å². The van der Waals surface area contributed by atoms with Crippen molar-refractivity contribution in [3.63, 3.8) is 0 Å². The first-order valence-corrected chi connectivity index (χ1v) is 6.42. The Hall–Kier alpha value is -1.75. The zero-order valence-electron chi connectivity index (χ0n) is 9.67. The Bertz CT molecular complexity index is 509. The van der Waals surface area contributed by atoms with Crippen molar-refractivity contribution >= 4 is 22.8 Å². The summed E-state index contributed by atoms with van der Waals surface area (Å²) in [7, 11) is 0. The lowest BCUT2D eigenvalue weighted by molar-refractivity contribution is -0.142. The molecule has 1 aliphatic rings. The lowest BCUT2D eigenvalue weighted by Gasteiger charge is -2.17. The van der Waals surface area contributed by atoms with Crippen LogP contribution in [0, 0.1) is 0 Å². The average molecular weight is 263 g/mol. The van der Waals surface area contributed by atoms with Gasteiger partial charge in [0, 0.05) is 17.7 Å². The number of hydrogen-bond acceptors (Lipinski definition) is 4. The van der Waals surface area contributed by atoms with Gasteiger partial charge in [0.15, 0.2) is 5.54 Å². The molecule has 1 aliphatic heterocycles. The normalized spacial score (nSPS) is 22.6. The first kappa shape index (κ1) is 12.7. The maximum Gasteiger partial charge on any atom is 0.332 e. The Morgan fingerprint density at radius 2 is 2.17 bits per heavy atom. The second-order valence-electron chi connectivity index (χ2n) is 4.08. The molecule has 0 amide bonds. The van der Waals surface area contributed by atoms with Crippen LogP contribution >= 0.6 is 11.8 Å². The summed E-state index contributed by atoms with van der Waals surface area (Å²) >= 11 is 1.42. The first-order chi connectivity index (χ1) is 8.57. The van der Waals surface area contributed by atoms with E-state index in [1.807, 2.05) is 0 Å². The van der Waals surface area contributed by atoms with Gasteiger partial charge in [-0.2, -0.15) is 0 Å². The number of thioether (sulfide) groups is 1. The number of hydrogen-bond donors (Lipinski definition) is 2. The first-order valence-electron chi connectivity index (χ1n) is 5.44. The molecule has 94 valence electrons. The molecule has 0 saturated heterocycles. The fraction of sp³-hybridized carbons (Fsp3) is 0.231. The zero-order chi connectivity index (χ0) is 13.2. The van der Waals surface area contributed by atoms with Crippen molar-refractivity contribution in [2.24, 2.45) is 4.99 Å². The molecule has 0 bridgehead atoms. The van der Waals surface area contributed by atoms with Gasteiger partial charge in [0.05, 0.1) is 5.04 Å². The summed E-state index contributed by atoms with van der Waals surface area (Å²) < 4.78 is 0. The van der Waals surface area contributed by atoms with Crippen LogP contribution in [0.5, 0.6) is 5.75 Å². The smallest absolute Gasteiger partial charge is 0.332 e. The van der Waals surface area contributed by atoms with Gasteiger partial charge in [-0.1, -0.05) is 6.08 Å². The molecule has 1 aromatic rings. The molecule has 1 atom stereocenters. The van der Waals surface area contributed by atoms with E-state index in [1.54, 1.807) is 30.3 Å². The predicted octanol–water partition coefficient (Wildman–Crippen LogP) is 2.29. The summed E-state index contributed by atoms with van der Waals surface area (Å²) in [6.07, 6.45) is 1.90. The maximum absolute atomic E-state index is 11.3. The van der Waals surface area contributed by atoms with Crippen LogP contribution < -0.4 is 0 Å². The van der Waals surface area contributed by atoms with E-state index >= 15 is 0 Å². The molecule has 1 heterocycles. The van der Waals surface area contributed by atoms with Crippen molar-refractivity contribution in [3.05, 3.63) is 42.5 Å². The van der Waals surface area contributed by atoms with E-state index in [4.69, 9.17) is 0 Å². The minimum Gasteiger partial charge on any atom is -0.508 e. The monoisotopic (exact) mass is 263 g/mol. The molecule has 0 radical (unpaired) electrons. The van der Waals surface area contributed by atoms with Crippen molar-refractivity contribution in [2.75, 3.05) is 5.75 Å². The number of benzene rings is 1. The number of phenolic OH excluding ortho intramolecular Hbond substituents is 1. The number of aliphatic carboxylic acids is 1. The van der Waals surface area contributed by atoms with Crippen LogP contribution in [0.4, 0.5) is 0 Å². The van der Waals surface area contributed by atoms with E-state index in [0.29, 0.717) is 17.2 Å². The fourth-order valence-electron chi connectivity index (χ4n) is 1.74. The van der Waals surface area contributed by atoms with Gasteiger partial charge in [-0.25, -0.2) is 4.79 Å². The van der Waals surface area contributed by atoms with E-state index in [0.717, 1.165) is 5.56 Å². The summed E-state index contributed by atoms with van der Waals surface area (Å²) in [5, 5.41) is 19.2. The second-order valence-corrected chi connectivity index (χ2v) is 5.05. The predicted molar refractivity (Wildman–Crippen MR) is 72.3 cm³/mol. The average Bonchev–Trinajstić information content (AvgIpc) is 2.76. The molecule has 5 heteroatoms. The molecule has 1 unspecified atom stereocenters. The fourth-order valence-corrected chi connectivity index (χ4v) is 2.96. The summed E-state index contributed by atoms with van der Waals surface area (Å²) in [6, 6.07) is 6.58. The largest absolute Gasteiger partial charge is 0.508 e. The molecule has 0 aromatic heterocycles. The lowest BCUT2D eigenvalue weighted by atomic mass is 9.99. The van der Waals surface area contributed by atoms with Gasteiger partial charge in [-0.05, 0) is 24.3 Å². The Morgan fingerprint density at radius 3 is 2.72 bits per heavy atom. The van der Waals surface area contributed by atoms with Gasteiger partial charge in [0.2, 0.25) is 0 Å². The molecule has 0 aliphatic carbocycles. The molecular formula is C13H13NO3S. The minimum absolute atomic E-state index is 0.179. The third kappa shape index (κ3) is 2.26. The number of carbonyl (C=O) groups is 1. The van der Waals surface area contributed by atoms with Crippen molar-refractivity contribution in [1.29, 1.82) is 0 Å². The Labute approximate surface area is 109 Å². The third-order valence-electron chi connectivity index (χ3n) is 2.76. The third-order valence-corrected chi connectivity index (χ3v) is 3.98. The SMILES string of the molecule is C=CCC1(C(=O)O)CSC(c2ccc(O)cc2)=N1. The highest BCUT2D eigenvalue weighted by atomic mass is 32.2. The summed E-state index contributed by atoms with van der Waals surface area (Å²) in [6.45, 7) is 3.59. The summed E-state index contributed by atoms with van der Waals surface area (Å²) in [5.41, 5.74) is -0.274.